The number of unbranched alkanes of at least 4 members (excludes halogenated alkanes) is 10. The largest absolute Gasteiger partial charge is 0.480 e. The maximum atomic E-state index is 12.5. The summed E-state index contributed by atoms with van der Waals surface area (Å²) in [5.74, 6) is -2.49. The van der Waals surface area contributed by atoms with E-state index in [1.54, 1.807) is 0 Å². The standard InChI is InChI=1S/C36H62NO10P/c1-3-5-7-9-11-13-15-16-18-20-22-24-26-28-35(39)47-32(30-45-48(42,43)46-31-33(37)36(40)41)29-44-34(38)27-25-23-21-19-17-14-12-10-8-6-4-2/h5,7,11,13,16,18,22,24,32-33H,3-4,6,8-10,12,14-15,17,19-21,23,25-31,37H2,1-2H3,(H,40,41)(H,42,43)/b7-5-,13-11-,18-16-,24-22-. The van der Waals surface area contributed by atoms with Gasteiger partial charge in [-0.05, 0) is 38.5 Å². The van der Waals surface area contributed by atoms with Crippen molar-refractivity contribution in [1.29, 1.82) is 0 Å². The van der Waals surface area contributed by atoms with E-state index in [1.807, 2.05) is 18.2 Å². The van der Waals surface area contributed by atoms with Crippen molar-refractivity contribution in [3.8, 4) is 0 Å². The van der Waals surface area contributed by atoms with Crippen molar-refractivity contribution < 1.29 is 47.5 Å². The van der Waals surface area contributed by atoms with Crippen LogP contribution in [0.1, 0.15) is 129 Å². The molecule has 0 amide bonds. The monoisotopic (exact) mass is 699 g/mol. The predicted octanol–water partition coefficient (Wildman–Crippen LogP) is 8.27. The lowest BCUT2D eigenvalue weighted by atomic mass is 10.1. The molecule has 0 aliphatic carbocycles. The van der Waals surface area contributed by atoms with Crippen molar-refractivity contribution in [2.45, 2.75) is 142 Å². The van der Waals surface area contributed by atoms with Crippen molar-refractivity contribution in [2.75, 3.05) is 19.8 Å². The Labute approximate surface area is 288 Å². The second-order valence-electron chi connectivity index (χ2n) is 11.6. The summed E-state index contributed by atoms with van der Waals surface area (Å²) in [5.41, 5.74) is 5.30. The number of rotatable bonds is 32. The molecule has 0 bridgehead atoms. The Morgan fingerprint density at radius 3 is 1.71 bits per heavy atom. The fourth-order valence-corrected chi connectivity index (χ4v) is 5.09. The second kappa shape index (κ2) is 31.7. The number of ether oxygens (including phenoxy) is 2. The minimum Gasteiger partial charge on any atom is -0.480 e. The number of aliphatic carboxylic acids is 1. The van der Waals surface area contributed by atoms with E-state index < -0.39 is 51.1 Å². The molecule has 0 aliphatic heterocycles. The minimum atomic E-state index is -4.72. The maximum absolute atomic E-state index is 12.5. The molecule has 12 heteroatoms. The predicted molar refractivity (Wildman–Crippen MR) is 189 cm³/mol. The number of carbonyl (C=O) groups is 3. The summed E-state index contributed by atoms with van der Waals surface area (Å²) in [5, 5.41) is 8.83. The third-order valence-corrected chi connectivity index (χ3v) is 8.06. The third-order valence-electron chi connectivity index (χ3n) is 7.10. The lowest BCUT2D eigenvalue weighted by molar-refractivity contribution is -0.161. The highest BCUT2D eigenvalue weighted by atomic mass is 31.2. The molecule has 4 N–H and O–H groups in total. The van der Waals surface area contributed by atoms with Crippen LogP contribution in [0.2, 0.25) is 0 Å². The SMILES string of the molecule is CC/C=C\C/C=C\C/C=C\C/C=C\CCC(=O)OC(COC(=O)CCCCCCCCCCCCC)COP(=O)(O)OCC(N)C(=O)O. The van der Waals surface area contributed by atoms with Crippen LogP contribution in [0, 0.1) is 0 Å². The fourth-order valence-electron chi connectivity index (χ4n) is 4.31. The van der Waals surface area contributed by atoms with Gasteiger partial charge in [-0.2, -0.15) is 0 Å². The molecule has 11 nitrogen and oxygen atoms in total. The zero-order chi connectivity index (χ0) is 35.7. The Kier molecular flexibility index (Phi) is 30.0. The molecule has 3 unspecified atom stereocenters. The number of allylic oxidation sites excluding steroid dienone is 8. The van der Waals surface area contributed by atoms with E-state index in [1.165, 1.54) is 44.9 Å². The molecule has 0 aromatic carbocycles. The Morgan fingerprint density at radius 1 is 0.667 bits per heavy atom. The summed E-state index contributed by atoms with van der Waals surface area (Å²) in [6.07, 6.45) is 32.1. The summed E-state index contributed by atoms with van der Waals surface area (Å²) in [6, 6.07) is -1.53. The molecule has 0 saturated heterocycles. The van der Waals surface area contributed by atoms with E-state index in [-0.39, 0.29) is 19.4 Å². The maximum Gasteiger partial charge on any atom is 0.472 e. The summed E-state index contributed by atoms with van der Waals surface area (Å²) in [6.45, 7) is 2.56. The van der Waals surface area contributed by atoms with Crippen molar-refractivity contribution in [3.05, 3.63) is 48.6 Å². The van der Waals surface area contributed by atoms with Gasteiger partial charge in [0.25, 0.3) is 0 Å². The first-order chi connectivity index (χ1) is 23.1. The van der Waals surface area contributed by atoms with Gasteiger partial charge in [0.15, 0.2) is 6.10 Å². The first-order valence-electron chi connectivity index (χ1n) is 17.7. The highest BCUT2D eigenvalue weighted by Crippen LogP contribution is 2.43. The summed E-state index contributed by atoms with van der Waals surface area (Å²) in [4.78, 5) is 45.5. The average Bonchev–Trinajstić information content (AvgIpc) is 3.05. The number of phosphoric acid groups is 1. The van der Waals surface area contributed by atoms with Crippen molar-refractivity contribution >= 4 is 25.7 Å². The van der Waals surface area contributed by atoms with E-state index in [2.05, 4.69) is 48.8 Å². The van der Waals surface area contributed by atoms with Gasteiger partial charge in [-0.15, -0.1) is 0 Å². The zero-order valence-corrected chi connectivity index (χ0v) is 30.2. The van der Waals surface area contributed by atoms with Crippen LogP contribution < -0.4 is 5.73 Å². The topological polar surface area (TPSA) is 172 Å². The molecule has 0 heterocycles. The van der Waals surface area contributed by atoms with Gasteiger partial charge in [0.1, 0.15) is 12.6 Å². The number of hydrogen-bond acceptors (Lipinski definition) is 9. The molecule has 0 saturated carbocycles. The van der Waals surface area contributed by atoms with Crippen LogP contribution in [0.4, 0.5) is 0 Å². The molecule has 0 spiro atoms. The van der Waals surface area contributed by atoms with Gasteiger partial charge in [-0.1, -0.05) is 127 Å². The smallest absolute Gasteiger partial charge is 0.472 e. The molecule has 0 aromatic rings. The minimum absolute atomic E-state index is 0.0398. The van der Waals surface area contributed by atoms with Gasteiger partial charge in [-0.25, -0.2) is 4.57 Å². The number of phosphoric ester groups is 1. The summed E-state index contributed by atoms with van der Waals surface area (Å²) in [7, 11) is -4.72. The highest BCUT2D eigenvalue weighted by Gasteiger charge is 2.28. The fraction of sp³-hybridized carbons (Fsp3) is 0.694. The molecule has 0 radical (unpaired) electrons. The Bertz CT molecular complexity index is 1010. The number of nitrogens with two attached hydrogens (primary N) is 1. The van der Waals surface area contributed by atoms with Gasteiger partial charge in [0.2, 0.25) is 0 Å². The van der Waals surface area contributed by atoms with Gasteiger partial charge in [0.05, 0.1) is 13.2 Å². The molecular formula is C36H62NO10P. The van der Waals surface area contributed by atoms with E-state index in [0.29, 0.717) is 12.8 Å². The zero-order valence-electron chi connectivity index (χ0n) is 29.3. The van der Waals surface area contributed by atoms with Crippen LogP contribution in [-0.2, 0) is 37.5 Å². The van der Waals surface area contributed by atoms with Crippen LogP contribution in [0.5, 0.6) is 0 Å². The highest BCUT2D eigenvalue weighted by molar-refractivity contribution is 7.47. The molecular weight excluding hydrogens is 637 g/mol. The summed E-state index contributed by atoms with van der Waals surface area (Å²) >= 11 is 0. The van der Waals surface area contributed by atoms with Gasteiger partial charge in [0, 0.05) is 12.8 Å². The molecule has 276 valence electrons. The van der Waals surface area contributed by atoms with Gasteiger partial charge < -0.3 is 25.2 Å². The third kappa shape index (κ3) is 30.8. The summed E-state index contributed by atoms with van der Waals surface area (Å²) < 4.78 is 32.4. The van der Waals surface area contributed by atoms with E-state index in [4.69, 9.17) is 24.8 Å². The van der Waals surface area contributed by atoms with Gasteiger partial charge >= 0.3 is 25.7 Å². The Hall–Kier alpha value is -2.56. The number of carbonyl (C=O) groups excluding carboxylic acids is 2. The van der Waals surface area contributed by atoms with Crippen molar-refractivity contribution in [1.82, 2.24) is 0 Å². The lowest BCUT2D eigenvalue weighted by Crippen LogP contribution is -2.34. The Morgan fingerprint density at radius 2 is 1.17 bits per heavy atom. The molecule has 0 aliphatic rings. The molecule has 3 atom stereocenters. The number of carboxylic acid groups (broad SMARTS) is 1. The average molecular weight is 700 g/mol. The van der Waals surface area contributed by atoms with E-state index in [0.717, 1.165) is 44.9 Å². The number of hydrogen-bond donors (Lipinski definition) is 3. The van der Waals surface area contributed by atoms with Crippen LogP contribution in [0.3, 0.4) is 0 Å². The second-order valence-corrected chi connectivity index (χ2v) is 13.1. The first-order valence-corrected chi connectivity index (χ1v) is 19.2. The van der Waals surface area contributed by atoms with Crippen LogP contribution in [0.25, 0.3) is 0 Å². The number of carboxylic acids is 1. The molecule has 0 fully saturated rings. The van der Waals surface area contributed by atoms with E-state index >= 15 is 0 Å². The quantitative estimate of drug-likeness (QED) is 0.0267. The lowest BCUT2D eigenvalue weighted by Gasteiger charge is -2.20. The van der Waals surface area contributed by atoms with Crippen LogP contribution in [-0.4, -0.2) is 59.9 Å². The van der Waals surface area contributed by atoms with Crippen molar-refractivity contribution in [3.63, 3.8) is 0 Å². The molecule has 0 rings (SSSR count). The molecule has 0 aromatic heterocycles. The van der Waals surface area contributed by atoms with Crippen LogP contribution >= 0.6 is 7.82 Å². The van der Waals surface area contributed by atoms with E-state index in [9.17, 15) is 23.8 Å². The normalized spacial score (nSPS) is 14.6. The first kappa shape index (κ1) is 45.4. The Balaban J connectivity index is 4.61. The van der Waals surface area contributed by atoms with Gasteiger partial charge in [-0.3, -0.25) is 23.4 Å². The molecule has 48 heavy (non-hydrogen) atoms. The van der Waals surface area contributed by atoms with Crippen LogP contribution in [0.15, 0.2) is 48.6 Å². The number of esters is 2. The van der Waals surface area contributed by atoms with Crippen molar-refractivity contribution in [2.24, 2.45) is 5.73 Å².